The number of benzene rings is 1. The largest absolute Gasteiger partial charge is 0.382 e. The Morgan fingerprint density at radius 3 is 2.27 bits per heavy atom. The van der Waals surface area contributed by atoms with E-state index in [9.17, 15) is 9.59 Å². The zero-order valence-electron chi connectivity index (χ0n) is 14.9. The smallest absolute Gasteiger partial charge is 0.250 e. The molecule has 0 aliphatic rings. The molecule has 3 rings (SSSR count). The lowest BCUT2D eigenvalue weighted by Crippen LogP contribution is -2.20. The molecule has 0 aliphatic carbocycles. The molecule has 1 aromatic carbocycles. The zero-order valence-corrected chi connectivity index (χ0v) is 14.9. The fourth-order valence-corrected chi connectivity index (χ4v) is 2.75. The Kier molecular flexibility index (Phi) is 4.67. The molecule has 0 aliphatic heterocycles. The Morgan fingerprint density at radius 2 is 1.65 bits per heavy atom. The van der Waals surface area contributed by atoms with Crippen molar-refractivity contribution in [1.82, 2.24) is 14.5 Å². The van der Waals surface area contributed by atoms with Crippen molar-refractivity contribution in [2.24, 2.45) is 0 Å². The van der Waals surface area contributed by atoms with Crippen LogP contribution in [0, 0.1) is 0 Å². The van der Waals surface area contributed by atoms with E-state index in [0.29, 0.717) is 17.0 Å². The van der Waals surface area contributed by atoms with Gasteiger partial charge in [-0.1, -0.05) is 30.3 Å². The maximum absolute atomic E-state index is 12.1. The second-order valence-electron chi connectivity index (χ2n) is 6.33. The van der Waals surface area contributed by atoms with Crippen LogP contribution >= 0.6 is 0 Å². The molecule has 3 aromatic rings. The molecule has 0 atom stereocenters. The number of nitrogens with two attached hydrogens (primary N) is 1. The number of nitrogen functional groups attached to an aromatic ring is 1. The van der Waals surface area contributed by atoms with E-state index in [1.165, 1.54) is 13.0 Å². The zero-order chi connectivity index (χ0) is 18.8. The molecule has 2 aromatic heterocycles. The number of Topliss-reactive ketones (excluding diaryl/α,β-unsaturated/α-hetero) is 1. The van der Waals surface area contributed by atoms with Gasteiger partial charge in [0.05, 0.1) is 11.4 Å². The van der Waals surface area contributed by atoms with E-state index in [1.54, 1.807) is 16.8 Å². The second kappa shape index (κ2) is 6.92. The van der Waals surface area contributed by atoms with Gasteiger partial charge in [-0.2, -0.15) is 0 Å². The van der Waals surface area contributed by atoms with Crippen LogP contribution in [0.5, 0.6) is 0 Å². The molecule has 2 N–H and O–H groups in total. The highest BCUT2D eigenvalue weighted by Crippen LogP contribution is 2.30. The summed E-state index contributed by atoms with van der Waals surface area (Å²) in [6, 6.07) is 12.7. The molecule has 0 saturated carbocycles. The average Bonchev–Trinajstić information content (AvgIpc) is 2.62. The topological polar surface area (TPSA) is 90.9 Å². The van der Waals surface area contributed by atoms with E-state index in [1.807, 2.05) is 44.2 Å². The van der Waals surface area contributed by atoms with E-state index < -0.39 is 0 Å². The summed E-state index contributed by atoms with van der Waals surface area (Å²) in [6.45, 7) is 5.26. The van der Waals surface area contributed by atoms with Crippen molar-refractivity contribution in [2.45, 2.75) is 26.8 Å². The number of aromatic nitrogens is 3. The third kappa shape index (κ3) is 3.26. The van der Waals surface area contributed by atoms with Crippen LogP contribution in [0.15, 0.2) is 53.5 Å². The number of hydrogen-bond acceptors (Lipinski definition) is 5. The molecular formula is C20H20N4O2. The highest BCUT2D eigenvalue weighted by molar-refractivity contribution is 5.97. The fourth-order valence-electron chi connectivity index (χ4n) is 2.75. The van der Waals surface area contributed by atoms with Crippen molar-refractivity contribution in [1.29, 1.82) is 0 Å². The molecule has 0 amide bonds. The van der Waals surface area contributed by atoms with Gasteiger partial charge in [-0.3, -0.25) is 9.59 Å². The number of carbonyl (C=O) groups excluding carboxylic acids is 1. The van der Waals surface area contributed by atoms with Gasteiger partial charge in [0.25, 0.3) is 5.56 Å². The summed E-state index contributed by atoms with van der Waals surface area (Å²) in [5.41, 5.74) is 8.61. The molecule has 0 saturated heterocycles. The van der Waals surface area contributed by atoms with Gasteiger partial charge in [-0.05, 0) is 19.9 Å². The third-order valence-electron chi connectivity index (χ3n) is 4.07. The number of nitrogens with zero attached hydrogens (tertiary/aromatic N) is 3. The second-order valence-corrected chi connectivity index (χ2v) is 6.33. The van der Waals surface area contributed by atoms with Crippen LogP contribution in [0.1, 0.15) is 37.3 Å². The van der Waals surface area contributed by atoms with Crippen LogP contribution in [0.3, 0.4) is 0 Å². The third-order valence-corrected chi connectivity index (χ3v) is 4.07. The Labute approximate surface area is 151 Å². The molecule has 0 unspecified atom stereocenters. The Hall–Kier alpha value is -3.28. The summed E-state index contributed by atoms with van der Waals surface area (Å²) < 4.78 is 1.62. The SMILES string of the molecule is CC(=O)c1nc(-c2ccc(=O)n(C(C)C)c2)c(-c2ccccc2)nc1N. The van der Waals surface area contributed by atoms with E-state index >= 15 is 0 Å². The number of carbonyl (C=O) groups is 1. The monoisotopic (exact) mass is 348 g/mol. The van der Waals surface area contributed by atoms with E-state index in [0.717, 1.165) is 5.56 Å². The van der Waals surface area contributed by atoms with Gasteiger partial charge in [0.2, 0.25) is 0 Å². The lowest BCUT2D eigenvalue weighted by Gasteiger charge is -2.15. The van der Waals surface area contributed by atoms with Crippen LogP contribution in [-0.2, 0) is 0 Å². The van der Waals surface area contributed by atoms with Crippen LogP contribution in [0.25, 0.3) is 22.5 Å². The Bertz CT molecular complexity index is 1020. The predicted octanol–water partition coefficient (Wildman–Crippen LogP) is 3.34. The summed E-state index contributed by atoms with van der Waals surface area (Å²) in [5.74, 6) is -0.162. The summed E-state index contributed by atoms with van der Waals surface area (Å²) >= 11 is 0. The lowest BCUT2D eigenvalue weighted by molar-refractivity contribution is 0.101. The fraction of sp³-hybridized carbons (Fsp3) is 0.200. The molecule has 26 heavy (non-hydrogen) atoms. The average molecular weight is 348 g/mol. The van der Waals surface area contributed by atoms with Gasteiger partial charge in [0.15, 0.2) is 11.6 Å². The maximum Gasteiger partial charge on any atom is 0.250 e. The highest BCUT2D eigenvalue weighted by Gasteiger charge is 2.18. The normalized spacial score (nSPS) is 10.9. The highest BCUT2D eigenvalue weighted by atomic mass is 16.1. The van der Waals surface area contributed by atoms with Gasteiger partial charge in [-0.25, -0.2) is 9.97 Å². The van der Waals surface area contributed by atoms with Crippen molar-refractivity contribution in [3.63, 3.8) is 0 Å². The molecule has 6 heteroatoms. The van der Waals surface area contributed by atoms with Crippen molar-refractivity contribution in [2.75, 3.05) is 5.73 Å². The molecule has 0 bridgehead atoms. The van der Waals surface area contributed by atoms with Gasteiger partial charge in [-0.15, -0.1) is 0 Å². The first-order valence-corrected chi connectivity index (χ1v) is 8.35. The Balaban J connectivity index is 2.32. The Morgan fingerprint density at radius 1 is 1.00 bits per heavy atom. The molecular weight excluding hydrogens is 328 g/mol. The molecule has 2 heterocycles. The van der Waals surface area contributed by atoms with Crippen LogP contribution in [0.4, 0.5) is 5.82 Å². The molecule has 0 spiro atoms. The van der Waals surface area contributed by atoms with Crippen molar-refractivity contribution in [3.05, 3.63) is 64.7 Å². The van der Waals surface area contributed by atoms with Crippen molar-refractivity contribution >= 4 is 11.6 Å². The molecule has 0 radical (unpaired) electrons. The first-order valence-electron chi connectivity index (χ1n) is 8.35. The molecule has 0 fully saturated rings. The van der Waals surface area contributed by atoms with Crippen molar-refractivity contribution in [3.8, 4) is 22.5 Å². The van der Waals surface area contributed by atoms with Crippen LogP contribution in [0.2, 0.25) is 0 Å². The molecule has 6 nitrogen and oxygen atoms in total. The summed E-state index contributed by atoms with van der Waals surface area (Å²) in [6.07, 6.45) is 1.74. The van der Waals surface area contributed by atoms with E-state index in [4.69, 9.17) is 5.73 Å². The lowest BCUT2D eigenvalue weighted by atomic mass is 10.0. The summed E-state index contributed by atoms with van der Waals surface area (Å²) in [7, 11) is 0. The first kappa shape index (κ1) is 17.5. The maximum atomic E-state index is 12.1. The van der Waals surface area contributed by atoms with Crippen molar-refractivity contribution < 1.29 is 4.79 Å². The standard InChI is InChI=1S/C20H20N4O2/c1-12(2)24-11-15(9-10-16(24)26)19-18(14-7-5-4-6-8-14)23-20(21)17(22-19)13(3)25/h4-12H,1-3H3,(H2,21,23). The minimum atomic E-state index is -0.256. The number of ketones is 1. The number of rotatable bonds is 4. The van der Waals surface area contributed by atoms with Crippen LogP contribution < -0.4 is 11.3 Å². The quantitative estimate of drug-likeness (QED) is 0.730. The molecule has 132 valence electrons. The number of hydrogen-bond donors (Lipinski definition) is 1. The summed E-state index contributed by atoms with van der Waals surface area (Å²) in [4.78, 5) is 32.9. The minimum Gasteiger partial charge on any atom is -0.382 e. The minimum absolute atomic E-state index is 0.00311. The van der Waals surface area contributed by atoms with Gasteiger partial charge >= 0.3 is 0 Å². The number of anilines is 1. The van der Waals surface area contributed by atoms with E-state index in [2.05, 4.69) is 9.97 Å². The first-order chi connectivity index (χ1) is 12.4. The van der Waals surface area contributed by atoms with Gasteiger partial charge in [0, 0.05) is 36.4 Å². The summed E-state index contributed by atoms with van der Waals surface area (Å²) in [5, 5.41) is 0. The van der Waals surface area contributed by atoms with Crippen LogP contribution in [-0.4, -0.2) is 20.3 Å². The van der Waals surface area contributed by atoms with Gasteiger partial charge in [0.1, 0.15) is 5.69 Å². The number of pyridine rings is 1. The predicted molar refractivity (Wildman–Crippen MR) is 102 cm³/mol. The van der Waals surface area contributed by atoms with E-state index in [-0.39, 0.29) is 28.9 Å². The van der Waals surface area contributed by atoms with Gasteiger partial charge < -0.3 is 10.3 Å².